The molecule has 23 heavy (non-hydrogen) atoms. The number of rotatable bonds is 4. The third-order valence-corrected chi connectivity index (χ3v) is 5.00. The van der Waals surface area contributed by atoms with E-state index in [0.717, 1.165) is 22.0 Å². The van der Waals surface area contributed by atoms with Gasteiger partial charge >= 0.3 is 0 Å². The van der Waals surface area contributed by atoms with Crippen molar-refractivity contribution in [2.45, 2.75) is 20.4 Å². The lowest BCUT2D eigenvalue weighted by Crippen LogP contribution is -2.22. The number of hydrogen-bond donors (Lipinski definition) is 1. The van der Waals surface area contributed by atoms with Gasteiger partial charge in [0.2, 0.25) is 0 Å². The molecule has 3 aromatic rings. The second kappa shape index (κ2) is 6.56. The molecule has 0 saturated carbocycles. The number of thiophene rings is 1. The number of halogens is 1. The van der Waals surface area contributed by atoms with Crippen molar-refractivity contribution < 1.29 is 4.79 Å². The Hall–Kier alpha value is -2.11. The van der Waals surface area contributed by atoms with Crippen molar-refractivity contribution in [2.75, 3.05) is 0 Å². The summed E-state index contributed by atoms with van der Waals surface area (Å²) < 4.78 is 1.78. The summed E-state index contributed by atoms with van der Waals surface area (Å²) in [6.07, 6.45) is 0. The summed E-state index contributed by atoms with van der Waals surface area (Å²) in [6, 6.07) is 11.3. The highest BCUT2D eigenvalue weighted by Crippen LogP contribution is 2.22. The monoisotopic (exact) mass is 345 g/mol. The number of benzene rings is 1. The molecule has 0 atom stereocenters. The minimum atomic E-state index is -0.0867. The van der Waals surface area contributed by atoms with E-state index in [1.807, 2.05) is 43.5 Å². The average Bonchev–Trinajstić information content (AvgIpc) is 3.17. The van der Waals surface area contributed by atoms with Gasteiger partial charge in [0.25, 0.3) is 5.91 Å². The van der Waals surface area contributed by atoms with Crippen molar-refractivity contribution in [1.29, 1.82) is 0 Å². The Balaban J connectivity index is 1.73. The van der Waals surface area contributed by atoms with E-state index in [9.17, 15) is 4.79 Å². The SMILES string of the molecule is Cc1nn(-c2ccc(C(=O)NCc3cccs3)cc2)c(C)c1Cl. The first-order valence-corrected chi connectivity index (χ1v) is 8.45. The fourth-order valence-corrected chi connectivity index (χ4v) is 3.07. The van der Waals surface area contributed by atoms with E-state index in [1.54, 1.807) is 28.2 Å². The number of hydrogen-bond acceptors (Lipinski definition) is 3. The maximum absolute atomic E-state index is 12.2. The maximum atomic E-state index is 12.2. The van der Waals surface area contributed by atoms with Gasteiger partial charge in [0.05, 0.1) is 28.6 Å². The highest BCUT2D eigenvalue weighted by Gasteiger charge is 2.11. The molecule has 0 aliphatic carbocycles. The number of carbonyl (C=O) groups excluding carboxylic acids is 1. The quantitative estimate of drug-likeness (QED) is 0.772. The van der Waals surface area contributed by atoms with Crippen LogP contribution in [-0.2, 0) is 6.54 Å². The first-order valence-electron chi connectivity index (χ1n) is 7.19. The molecular weight excluding hydrogens is 330 g/mol. The van der Waals surface area contributed by atoms with E-state index in [4.69, 9.17) is 11.6 Å². The van der Waals surface area contributed by atoms with Crippen molar-refractivity contribution in [3.8, 4) is 5.69 Å². The summed E-state index contributed by atoms with van der Waals surface area (Å²) in [5, 5.41) is 9.99. The van der Waals surface area contributed by atoms with Gasteiger partial charge in [-0.15, -0.1) is 11.3 Å². The van der Waals surface area contributed by atoms with E-state index in [-0.39, 0.29) is 5.91 Å². The second-order valence-corrected chi connectivity index (χ2v) is 6.62. The van der Waals surface area contributed by atoms with Crippen LogP contribution in [0.5, 0.6) is 0 Å². The van der Waals surface area contributed by atoms with Crippen LogP contribution in [0.15, 0.2) is 41.8 Å². The van der Waals surface area contributed by atoms with E-state index in [1.165, 1.54) is 0 Å². The molecule has 0 spiro atoms. The summed E-state index contributed by atoms with van der Waals surface area (Å²) in [5.41, 5.74) is 3.19. The van der Waals surface area contributed by atoms with Gasteiger partial charge in [-0.25, -0.2) is 4.68 Å². The molecular formula is C17H16ClN3OS. The molecule has 0 aliphatic heterocycles. The predicted octanol–water partition coefficient (Wildman–Crippen LogP) is 4.13. The van der Waals surface area contributed by atoms with Gasteiger partial charge in [-0.1, -0.05) is 17.7 Å². The molecule has 3 rings (SSSR count). The van der Waals surface area contributed by atoms with Gasteiger partial charge in [0, 0.05) is 10.4 Å². The van der Waals surface area contributed by atoms with Crippen LogP contribution in [0.4, 0.5) is 0 Å². The summed E-state index contributed by atoms with van der Waals surface area (Å²) >= 11 is 7.80. The molecule has 6 heteroatoms. The Morgan fingerprint density at radius 3 is 2.57 bits per heavy atom. The lowest BCUT2D eigenvalue weighted by atomic mass is 10.2. The van der Waals surface area contributed by atoms with E-state index in [2.05, 4.69) is 10.4 Å². The normalized spacial score (nSPS) is 10.7. The van der Waals surface area contributed by atoms with Crippen LogP contribution in [0, 0.1) is 13.8 Å². The van der Waals surface area contributed by atoms with Crippen molar-refractivity contribution in [3.63, 3.8) is 0 Å². The summed E-state index contributed by atoms with van der Waals surface area (Å²) in [5.74, 6) is -0.0867. The van der Waals surface area contributed by atoms with Crippen LogP contribution in [-0.4, -0.2) is 15.7 Å². The lowest BCUT2D eigenvalue weighted by Gasteiger charge is -2.07. The molecule has 0 unspecified atom stereocenters. The molecule has 2 aromatic heterocycles. The zero-order chi connectivity index (χ0) is 16.4. The highest BCUT2D eigenvalue weighted by atomic mass is 35.5. The van der Waals surface area contributed by atoms with Gasteiger partial charge < -0.3 is 5.32 Å². The topological polar surface area (TPSA) is 46.9 Å². The van der Waals surface area contributed by atoms with Crippen LogP contribution >= 0.6 is 22.9 Å². The number of nitrogens with zero attached hydrogens (tertiary/aromatic N) is 2. The molecule has 1 N–H and O–H groups in total. The second-order valence-electron chi connectivity index (χ2n) is 5.21. The van der Waals surface area contributed by atoms with Crippen LogP contribution in [0.2, 0.25) is 5.02 Å². The van der Waals surface area contributed by atoms with E-state index >= 15 is 0 Å². The fraction of sp³-hybridized carbons (Fsp3) is 0.176. The lowest BCUT2D eigenvalue weighted by molar-refractivity contribution is 0.0951. The number of aromatic nitrogens is 2. The molecule has 0 radical (unpaired) electrons. The smallest absolute Gasteiger partial charge is 0.251 e. The Labute approximate surface area is 143 Å². The molecule has 0 bridgehead atoms. The predicted molar refractivity (Wildman–Crippen MR) is 93.5 cm³/mol. The van der Waals surface area contributed by atoms with Crippen molar-refractivity contribution in [2.24, 2.45) is 0 Å². The van der Waals surface area contributed by atoms with Crippen molar-refractivity contribution in [3.05, 3.63) is 68.6 Å². The zero-order valence-electron chi connectivity index (χ0n) is 12.8. The van der Waals surface area contributed by atoms with Crippen LogP contribution in [0.3, 0.4) is 0 Å². The maximum Gasteiger partial charge on any atom is 0.251 e. The Bertz CT molecular complexity index is 822. The summed E-state index contributed by atoms with van der Waals surface area (Å²) in [4.78, 5) is 13.3. The number of nitrogens with one attached hydrogen (secondary N) is 1. The van der Waals surface area contributed by atoms with Gasteiger partial charge in [-0.2, -0.15) is 5.10 Å². The van der Waals surface area contributed by atoms with Crippen molar-refractivity contribution >= 4 is 28.8 Å². The van der Waals surface area contributed by atoms with Crippen LogP contribution < -0.4 is 5.32 Å². The number of amides is 1. The molecule has 0 saturated heterocycles. The van der Waals surface area contributed by atoms with Crippen molar-refractivity contribution in [1.82, 2.24) is 15.1 Å². The average molecular weight is 346 g/mol. The van der Waals surface area contributed by atoms with E-state index < -0.39 is 0 Å². The Morgan fingerprint density at radius 1 is 1.26 bits per heavy atom. The third kappa shape index (κ3) is 3.30. The minimum Gasteiger partial charge on any atom is -0.347 e. The number of aryl methyl sites for hydroxylation is 1. The Morgan fingerprint density at radius 2 is 2.00 bits per heavy atom. The fourth-order valence-electron chi connectivity index (χ4n) is 2.31. The van der Waals surface area contributed by atoms with Gasteiger partial charge in [-0.05, 0) is 49.6 Å². The standard InChI is InChI=1S/C17H16ClN3OS/c1-11-16(18)12(2)21(20-11)14-7-5-13(6-8-14)17(22)19-10-15-4-3-9-23-15/h3-9H,10H2,1-2H3,(H,19,22). The molecule has 1 amide bonds. The first-order chi connectivity index (χ1) is 11.1. The summed E-state index contributed by atoms with van der Waals surface area (Å²) in [6.45, 7) is 4.34. The molecule has 0 fully saturated rings. The minimum absolute atomic E-state index is 0.0867. The molecule has 0 aliphatic rings. The largest absolute Gasteiger partial charge is 0.347 e. The van der Waals surface area contributed by atoms with Crippen LogP contribution in [0.25, 0.3) is 5.69 Å². The number of carbonyl (C=O) groups is 1. The van der Waals surface area contributed by atoms with Gasteiger partial charge in [-0.3, -0.25) is 4.79 Å². The zero-order valence-corrected chi connectivity index (χ0v) is 14.4. The Kier molecular flexibility index (Phi) is 4.50. The molecule has 118 valence electrons. The third-order valence-electron chi connectivity index (χ3n) is 3.58. The van der Waals surface area contributed by atoms with Crippen LogP contribution in [0.1, 0.15) is 26.6 Å². The summed E-state index contributed by atoms with van der Waals surface area (Å²) in [7, 11) is 0. The first kappa shape index (κ1) is 15.8. The van der Waals surface area contributed by atoms with Gasteiger partial charge in [0.15, 0.2) is 0 Å². The van der Waals surface area contributed by atoms with E-state index in [0.29, 0.717) is 17.1 Å². The molecule has 4 nitrogen and oxygen atoms in total. The van der Waals surface area contributed by atoms with Gasteiger partial charge in [0.1, 0.15) is 0 Å². The molecule has 2 heterocycles. The highest BCUT2D eigenvalue weighted by molar-refractivity contribution is 7.09. The molecule has 1 aromatic carbocycles.